The lowest BCUT2D eigenvalue weighted by Crippen LogP contribution is -2.40. The molecule has 0 atom stereocenters. The van der Waals surface area contributed by atoms with E-state index in [0.717, 1.165) is 42.4 Å². The predicted molar refractivity (Wildman–Crippen MR) is 101 cm³/mol. The van der Waals surface area contributed by atoms with Gasteiger partial charge >= 0.3 is 0 Å². The molecule has 25 heavy (non-hydrogen) atoms. The van der Waals surface area contributed by atoms with Crippen LogP contribution in [0.4, 0.5) is 5.69 Å². The summed E-state index contributed by atoms with van der Waals surface area (Å²) in [7, 11) is 4.06. The Labute approximate surface area is 148 Å². The molecule has 2 aromatic carbocycles. The fraction of sp³-hybridized carbons (Fsp3) is 0.400. The molecule has 0 fully saturated rings. The molecule has 0 aliphatic carbocycles. The number of benzene rings is 2. The molecular weight excluding hydrogens is 314 g/mol. The van der Waals surface area contributed by atoms with E-state index in [4.69, 9.17) is 0 Å². The first-order valence-corrected chi connectivity index (χ1v) is 8.85. The SMILES string of the molecule is CCCCN1C(=O)c2cccc3c(NCCN(C)C)ccc(c23)C1=O. The molecule has 1 aliphatic heterocycles. The first kappa shape index (κ1) is 17.4. The summed E-state index contributed by atoms with van der Waals surface area (Å²) in [5.74, 6) is -0.357. The Kier molecular flexibility index (Phi) is 5.04. The Morgan fingerprint density at radius 3 is 2.44 bits per heavy atom. The van der Waals surface area contributed by atoms with Gasteiger partial charge < -0.3 is 10.2 Å². The Morgan fingerprint density at radius 2 is 1.76 bits per heavy atom. The van der Waals surface area contributed by atoms with Crippen LogP contribution in [0, 0.1) is 0 Å². The van der Waals surface area contributed by atoms with Gasteiger partial charge in [0.25, 0.3) is 11.8 Å². The lowest BCUT2D eigenvalue weighted by Gasteiger charge is -2.28. The average Bonchev–Trinajstić information content (AvgIpc) is 2.60. The standard InChI is InChI=1S/C20H25N3O2/c1-4-5-12-23-19(24)15-8-6-7-14-17(21-11-13-22(2)3)10-9-16(18(14)15)20(23)25/h6-10,21H,4-5,11-13H2,1-3H3. The number of carbonyl (C=O) groups excluding carboxylic acids is 2. The summed E-state index contributed by atoms with van der Waals surface area (Å²) < 4.78 is 0. The van der Waals surface area contributed by atoms with E-state index in [0.29, 0.717) is 17.7 Å². The molecule has 0 saturated heterocycles. The summed E-state index contributed by atoms with van der Waals surface area (Å²) in [6, 6.07) is 9.48. The van der Waals surface area contributed by atoms with Crippen molar-refractivity contribution < 1.29 is 9.59 Å². The Balaban J connectivity index is 2.02. The van der Waals surface area contributed by atoms with Crippen LogP contribution in [0.25, 0.3) is 10.8 Å². The molecular formula is C20H25N3O2. The number of hydrogen-bond acceptors (Lipinski definition) is 4. The van der Waals surface area contributed by atoms with Crippen molar-refractivity contribution in [1.29, 1.82) is 0 Å². The maximum Gasteiger partial charge on any atom is 0.261 e. The molecule has 0 radical (unpaired) electrons. The molecule has 132 valence electrons. The van der Waals surface area contributed by atoms with Gasteiger partial charge in [0, 0.05) is 47.2 Å². The van der Waals surface area contributed by atoms with Crippen molar-refractivity contribution >= 4 is 28.3 Å². The number of amides is 2. The summed E-state index contributed by atoms with van der Waals surface area (Å²) in [5, 5.41) is 5.13. The lowest BCUT2D eigenvalue weighted by molar-refractivity contribution is 0.0608. The minimum Gasteiger partial charge on any atom is -0.383 e. The third-order valence-corrected chi connectivity index (χ3v) is 4.60. The van der Waals surface area contributed by atoms with E-state index in [1.807, 2.05) is 44.4 Å². The zero-order valence-corrected chi connectivity index (χ0v) is 15.1. The Bertz CT molecular complexity index is 792. The Morgan fingerprint density at radius 1 is 1.04 bits per heavy atom. The maximum absolute atomic E-state index is 12.8. The third-order valence-electron chi connectivity index (χ3n) is 4.60. The van der Waals surface area contributed by atoms with Gasteiger partial charge in [0.15, 0.2) is 0 Å². The molecule has 0 bridgehead atoms. The van der Waals surface area contributed by atoms with Crippen molar-refractivity contribution in [1.82, 2.24) is 9.80 Å². The molecule has 1 aliphatic rings. The van der Waals surface area contributed by atoms with Crippen molar-refractivity contribution in [3.05, 3.63) is 41.5 Å². The minimum atomic E-state index is -0.179. The van der Waals surface area contributed by atoms with Crippen LogP contribution in [0.15, 0.2) is 30.3 Å². The maximum atomic E-state index is 12.8. The molecule has 5 heteroatoms. The van der Waals surface area contributed by atoms with Gasteiger partial charge in [-0.2, -0.15) is 0 Å². The largest absolute Gasteiger partial charge is 0.383 e. The van der Waals surface area contributed by atoms with Gasteiger partial charge in [0.2, 0.25) is 0 Å². The van der Waals surface area contributed by atoms with Crippen molar-refractivity contribution in [3.63, 3.8) is 0 Å². The van der Waals surface area contributed by atoms with Crippen LogP contribution in [0.3, 0.4) is 0 Å². The van der Waals surface area contributed by atoms with Gasteiger partial charge in [-0.15, -0.1) is 0 Å². The number of imide groups is 1. The highest BCUT2D eigenvalue weighted by atomic mass is 16.2. The summed E-state index contributed by atoms with van der Waals surface area (Å²) in [4.78, 5) is 29.1. The van der Waals surface area contributed by atoms with Gasteiger partial charge in [-0.1, -0.05) is 25.5 Å². The topological polar surface area (TPSA) is 52.7 Å². The van der Waals surface area contributed by atoms with Crippen molar-refractivity contribution in [2.75, 3.05) is 39.0 Å². The molecule has 0 spiro atoms. The monoisotopic (exact) mass is 339 g/mol. The number of hydrogen-bond donors (Lipinski definition) is 1. The van der Waals surface area contributed by atoms with E-state index < -0.39 is 0 Å². The van der Waals surface area contributed by atoms with Crippen molar-refractivity contribution in [2.45, 2.75) is 19.8 Å². The first-order chi connectivity index (χ1) is 12.0. The van der Waals surface area contributed by atoms with Gasteiger partial charge in [-0.05, 0) is 38.7 Å². The summed E-state index contributed by atoms with van der Waals surface area (Å²) in [6.45, 7) is 4.24. The lowest BCUT2D eigenvalue weighted by atomic mass is 9.93. The van der Waals surface area contributed by atoms with Crippen LogP contribution in [0.1, 0.15) is 40.5 Å². The van der Waals surface area contributed by atoms with E-state index in [1.54, 1.807) is 0 Å². The van der Waals surface area contributed by atoms with Crippen LogP contribution in [0.5, 0.6) is 0 Å². The normalized spacial score (nSPS) is 13.8. The highest BCUT2D eigenvalue weighted by molar-refractivity contribution is 6.26. The molecule has 0 unspecified atom stereocenters. The number of carbonyl (C=O) groups is 2. The number of nitrogens with zero attached hydrogens (tertiary/aromatic N) is 2. The Hall–Kier alpha value is -2.40. The molecule has 1 heterocycles. The van der Waals surface area contributed by atoms with Gasteiger partial charge in [-0.3, -0.25) is 14.5 Å². The molecule has 3 rings (SSSR count). The van der Waals surface area contributed by atoms with Crippen molar-refractivity contribution in [3.8, 4) is 0 Å². The van der Waals surface area contributed by atoms with Crippen molar-refractivity contribution in [2.24, 2.45) is 0 Å². The molecule has 5 nitrogen and oxygen atoms in total. The number of nitrogens with one attached hydrogen (secondary N) is 1. The first-order valence-electron chi connectivity index (χ1n) is 8.85. The highest BCUT2D eigenvalue weighted by Gasteiger charge is 2.32. The summed E-state index contributed by atoms with van der Waals surface area (Å²) >= 11 is 0. The van der Waals surface area contributed by atoms with E-state index >= 15 is 0 Å². The van der Waals surface area contributed by atoms with Crippen LogP contribution in [-0.4, -0.2) is 55.3 Å². The van der Waals surface area contributed by atoms with Gasteiger partial charge in [0.05, 0.1) is 0 Å². The predicted octanol–water partition coefficient (Wildman–Crippen LogP) is 3.21. The van der Waals surface area contributed by atoms with Crippen LogP contribution >= 0.6 is 0 Å². The number of anilines is 1. The van der Waals surface area contributed by atoms with E-state index in [9.17, 15) is 9.59 Å². The fourth-order valence-corrected chi connectivity index (χ4v) is 3.23. The number of likely N-dealkylation sites (N-methyl/N-ethyl adjacent to an activating group) is 1. The van der Waals surface area contributed by atoms with Crippen LogP contribution < -0.4 is 5.32 Å². The third kappa shape index (κ3) is 3.24. The van der Waals surface area contributed by atoms with Crippen LogP contribution in [-0.2, 0) is 0 Å². The van der Waals surface area contributed by atoms with E-state index in [2.05, 4.69) is 17.1 Å². The highest BCUT2D eigenvalue weighted by Crippen LogP contribution is 2.34. The molecule has 0 aromatic heterocycles. The molecule has 2 aromatic rings. The molecule has 0 saturated carbocycles. The van der Waals surface area contributed by atoms with E-state index in [-0.39, 0.29) is 11.8 Å². The molecule has 1 N–H and O–H groups in total. The minimum absolute atomic E-state index is 0.179. The molecule has 2 amide bonds. The fourth-order valence-electron chi connectivity index (χ4n) is 3.23. The number of rotatable bonds is 7. The second kappa shape index (κ2) is 7.23. The quantitative estimate of drug-likeness (QED) is 0.787. The van der Waals surface area contributed by atoms with E-state index in [1.165, 1.54) is 4.90 Å². The summed E-state index contributed by atoms with van der Waals surface area (Å²) in [6.07, 6.45) is 1.77. The zero-order chi connectivity index (χ0) is 18.0. The second-order valence-corrected chi connectivity index (χ2v) is 6.73. The number of unbranched alkanes of at least 4 members (excludes halogenated alkanes) is 1. The smallest absolute Gasteiger partial charge is 0.261 e. The average molecular weight is 339 g/mol. The van der Waals surface area contributed by atoms with Gasteiger partial charge in [-0.25, -0.2) is 0 Å². The zero-order valence-electron chi connectivity index (χ0n) is 15.1. The van der Waals surface area contributed by atoms with Gasteiger partial charge in [0.1, 0.15) is 0 Å². The second-order valence-electron chi connectivity index (χ2n) is 6.73. The summed E-state index contributed by atoms with van der Waals surface area (Å²) in [5.41, 5.74) is 2.21. The van der Waals surface area contributed by atoms with Crippen LogP contribution in [0.2, 0.25) is 0 Å².